The maximum absolute atomic E-state index is 12.4. The molecule has 1 unspecified atom stereocenters. The first-order valence-electron chi connectivity index (χ1n) is 4.58. The Morgan fingerprint density at radius 2 is 2.53 bits per heavy atom. The van der Waals surface area contributed by atoms with Crippen LogP contribution in [0.15, 0.2) is 0 Å². The van der Waals surface area contributed by atoms with E-state index in [4.69, 9.17) is 9.47 Å². The zero-order valence-corrected chi connectivity index (χ0v) is 8.15. The van der Waals surface area contributed by atoms with E-state index in [0.717, 1.165) is 4.90 Å². The monoisotopic (exact) mass is 220 g/mol. The lowest BCUT2D eigenvalue weighted by Crippen LogP contribution is -2.36. The lowest BCUT2D eigenvalue weighted by Gasteiger charge is -2.19. The minimum Gasteiger partial charge on any atom is -0.375 e. The summed E-state index contributed by atoms with van der Waals surface area (Å²) in [5, 5.41) is 2.41. The van der Waals surface area contributed by atoms with Gasteiger partial charge in [-0.1, -0.05) is 0 Å². The number of nitrogens with zero attached hydrogens (tertiary/aromatic N) is 1. The van der Waals surface area contributed by atoms with E-state index < -0.39 is 12.4 Å². The summed E-state index contributed by atoms with van der Waals surface area (Å²) in [6, 6.07) is 0. The minimum absolute atomic E-state index is 0.107. The van der Waals surface area contributed by atoms with E-state index in [1.54, 1.807) is 0 Å². The molecule has 1 heterocycles. The average Bonchev–Trinajstić information content (AvgIpc) is 2.66. The molecule has 1 rings (SSSR count). The summed E-state index contributed by atoms with van der Waals surface area (Å²) in [7, 11) is 0. The number of carbonyl (C=O) groups excluding carboxylic acids is 2. The van der Waals surface area contributed by atoms with Crippen LogP contribution < -0.4 is 5.32 Å². The highest BCUT2D eigenvalue weighted by atomic mass is 19.1. The summed E-state index contributed by atoms with van der Waals surface area (Å²) in [6.07, 6.45) is -1.60. The molecule has 86 valence electrons. The van der Waals surface area contributed by atoms with Crippen LogP contribution in [0.4, 0.5) is 9.18 Å². The van der Waals surface area contributed by atoms with Gasteiger partial charge in [0.25, 0.3) is 0 Å². The van der Waals surface area contributed by atoms with Crippen LogP contribution in [0.3, 0.4) is 0 Å². The summed E-state index contributed by atoms with van der Waals surface area (Å²) in [6.45, 7) is 1.34. The fourth-order valence-electron chi connectivity index (χ4n) is 1.23. The van der Waals surface area contributed by atoms with Crippen molar-refractivity contribution in [3.05, 3.63) is 0 Å². The highest BCUT2D eigenvalue weighted by Gasteiger charge is 2.29. The molecule has 0 aliphatic carbocycles. The van der Waals surface area contributed by atoms with E-state index >= 15 is 0 Å². The Balaban J connectivity index is 2.14. The van der Waals surface area contributed by atoms with E-state index in [-0.39, 0.29) is 13.2 Å². The van der Waals surface area contributed by atoms with E-state index in [1.807, 2.05) is 0 Å². The highest BCUT2D eigenvalue weighted by molar-refractivity contribution is 5.66. The van der Waals surface area contributed by atoms with Gasteiger partial charge in [0.1, 0.15) is 0 Å². The Labute approximate surface area is 86.3 Å². The molecule has 0 aromatic carbocycles. The fourth-order valence-corrected chi connectivity index (χ4v) is 1.23. The number of halogens is 1. The molecule has 0 spiro atoms. The van der Waals surface area contributed by atoms with Crippen molar-refractivity contribution in [1.82, 2.24) is 10.2 Å². The largest absolute Gasteiger partial charge is 0.402 e. The predicted octanol–water partition coefficient (Wildman–Crippen LogP) is -0.503. The molecule has 1 N–H and O–H groups in total. The van der Waals surface area contributed by atoms with E-state index in [0.29, 0.717) is 26.2 Å². The standard InChI is InChI=1S/C8H13FN2O4/c9-8(13)11-2-4-15-7(11)5-14-3-1-10-6-12/h6-7H,1-5H2,(H,10,12). The molecule has 6 nitrogen and oxygen atoms in total. The van der Waals surface area contributed by atoms with Crippen molar-refractivity contribution < 1.29 is 23.5 Å². The zero-order valence-electron chi connectivity index (χ0n) is 8.15. The minimum atomic E-state index is -1.51. The van der Waals surface area contributed by atoms with Crippen LogP contribution in [-0.2, 0) is 14.3 Å². The number of nitrogens with one attached hydrogen (secondary N) is 1. The van der Waals surface area contributed by atoms with Crippen LogP contribution in [0.25, 0.3) is 0 Å². The second-order valence-electron chi connectivity index (χ2n) is 2.92. The molecule has 1 aliphatic heterocycles. The van der Waals surface area contributed by atoms with Crippen LogP contribution in [0.1, 0.15) is 0 Å². The summed E-state index contributed by atoms with van der Waals surface area (Å²) in [5.41, 5.74) is 0. The van der Waals surface area contributed by atoms with Crippen LogP contribution >= 0.6 is 0 Å². The third kappa shape index (κ3) is 3.80. The maximum Gasteiger partial charge on any atom is 0.402 e. The van der Waals surface area contributed by atoms with Crippen molar-refractivity contribution in [1.29, 1.82) is 0 Å². The van der Waals surface area contributed by atoms with Gasteiger partial charge in [0.05, 0.1) is 19.8 Å². The van der Waals surface area contributed by atoms with Gasteiger partial charge in [-0.05, 0) is 0 Å². The van der Waals surface area contributed by atoms with E-state index in [9.17, 15) is 14.0 Å². The second kappa shape index (κ2) is 6.31. The third-order valence-electron chi connectivity index (χ3n) is 1.95. The van der Waals surface area contributed by atoms with Gasteiger partial charge in [0.15, 0.2) is 6.23 Å². The van der Waals surface area contributed by atoms with Crippen LogP contribution in [-0.4, -0.2) is 56.6 Å². The van der Waals surface area contributed by atoms with Gasteiger partial charge in [-0.2, -0.15) is 0 Å². The number of amides is 2. The number of ether oxygens (including phenoxy) is 2. The van der Waals surface area contributed by atoms with Crippen molar-refractivity contribution in [2.45, 2.75) is 6.23 Å². The van der Waals surface area contributed by atoms with Gasteiger partial charge in [-0.25, -0.2) is 4.79 Å². The Bertz CT molecular complexity index is 227. The van der Waals surface area contributed by atoms with E-state index in [2.05, 4.69) is 5.32 Å². The molecule has 0 aromatic rings. The molecule has 0 radical (unpaired) electrons. The number of hydrogen-bond acceptors (Lipinski definition) is 4. The quantitative estimate of drug-likeness (QED) is 0.283. The highest BCUT2D eigenvalue weighted by Crippen LogP contribution is 2.11. The lowest BCUT2D eigenvalue weighted by atomic mass is 10.5. The van der Waals surface area contributed by atoms with Crippen LogP contribution in [0, 0.1) is 0 Å². The topological polar surface area (TPSA) is 67.9 Å². The number of carbonyl (C=O) groups is 2. The molecule has 1 saturated heterocycles. The summed E-state index contributed by atoms with van der Waals surface area (Å²) >= 11 is 0. The SMILES string of the molecule is O=CNCCOCC1OCCN1C(=O)F. The summed E-state index contributed by atoms with van der Waals surface area (Å²) < 4.78 is 22.6. The molecule has 1 aliphatic rings. The second-order valence-corrected chi connectivity index (χ2v) is 2.92. The lowest BCUT2D eigenvalue weighted by molar-refractivity contribution is -0.109. The molecular weight excluding hydrogens is 207 g/mol. The van der Waals surface area contributed by atoms with Crippen molar-refractivity contribution in [2.24, 2.45) is 0 Å². The van der Waals surface area contributed by atoms with Crippen molar-refractivity contribution in [3.8, 4) is 0 Å². The van der Waals surface area contributed by atoms with Crippen molar-refractivity contribution >= 4 is 12.6 Å². The normalized spacial score (nSPS) is 20.3. The van der Waals surface area contributed by atoms with Gasteiger partial charge >= 0.3 is 6.16 Å². The Kier molecular flexibility index (Phi) is 4.99. The van der Waals surface area contributed by atoms with Crippen LogP contribution in [0.2, 0.25) is 0 Å². The Hall–Kier alpha value is -1.21. The van der Waals surface area contributed by atoms with Gasteiger partial charge in [-0.3, -0.25) is 9.69 Å². The molecular formula is C8H13FN2O4. The van der Waals surface area contributed by atoms with Gasteiger partial charge in [-0.15, -0.1) is 4.39 Å². The first-order valence-corrected chi connectivity index (χ1v) is 4.58. The molecule has 0 aromatic heterocycles. The third-order valence-corrected chi connectivity index (χ3v) is 1.95. The summed E-state index contributed by atoms with van der Waals surface area (Å²) in [5.74, 6) is 0. The molecule has 0 bridgehead atoms. The smallest absolute Gasteiger partial charge is 0.375 e. The first-order chi connectivity index (χ1) is 7.25. The average molecular weight is 220 g/mol. The molecule has 1 atom stereocenters. The van der Waals surface area contributed by atoms with Gasteiger partial charge in [0, 0.05) is 13.1 Å². The Morgan fingerprint density at radius 1 is 1.73 bits per heavy atom. The molecule has 7 heteroatoms. The predicted molar refractivity (Wildman–Crippen MR) is 47.8 cm³/mol. The Morgan fingerprint density at radius 3 is 3.20 bits per heavy atom. The molecule has 2 amide bonds. The molecule has 0 saturated carbocycles. The van der Waals surface area contributed by atoms with Gasteiger partial charge in [0.2, 0.25) is 6.41 Å². The van der Waals surface area contributed by atoms with E-state index in [1.165, 1.54) is 0 Å². The maximum atomic E-state index is 12.4. The molecule has 1 fully saturated rings. The van der Waals surface area contributed by atoms with Crippen molar-refractivity contribution in [3.63, 3.8) is 0 Å². The zero-order chi connectivity index (χ0) is 11.1. The molecule has 15 heavy (non-hydrogen) atoms. The van der Waals surface area contributed by atoms with Crippen molar-refractivity contribution in [2.75, 3.05) is 32.9 Å². The number of hydrogen-bond donors (Lipinski definition) is 1. The number of rotatable bonds is 6. The fraction of sp³-hybridized carbons (Fsp3) is 0.750. The summed E-state index contributed by atoms with van der Waals surface area (Å²) in [4.78, 5) is 21.3. The van der Waals surface area contributed by atoms with Gasteiger partial charge < -0.3 is 14.8 Å². The van der Waals surface area contributed by atoms with Crippen LogP contribution in [0.5, 0.6) is 0 Å². The first kappa shape index (κ1) is 11.9.